The number of hydrogen-bond acceptors (Lipinski definition) is 3. The summed E-state index contributed by atoms with van der Waals surface area (Å²) in [4.78, 5) is 28.3. The van der Waals surface area contributed by atoms with Gasteiger partial charge in [-0.2, -0.15) is 0 Å². The number of aromatic nitrogens is 1. The summed E-state index contributed by atoms with van der Waals surface area (Å²) < 4.78 is 0. The fraction of sp³-hybridized carbons (Fsp3) is 0.235. The average Bonchev–Trinajstić information content (AvgIpc) is 3.36. The Morgan fingerprint density at radius 3 is 2.52 bits per heavy atom. The number of anilines is 1. The van der Waals surface area contributed by atoms with Crippen LogP contribution >= 0.6 is 11.6 Å². The second kappa shape index (κ2) is 6.79. The molecule has 1 aliphatic rings. The molecular weight excluding hydrogens is 314 g/mol. The van der Waals surface area contributed by atoms with Crippen LogP contribution in [0.25, 0.3) is 0 Å². The van der Waals surface area contributed by atoms with Gasteiger partial charge in [-0.3, -0.25) is 14.6 Å². The molecule has 0 spiro atoms. The lowest BCUT2D eigenvalue weighted by molar-refractivity contribution is -0.125. The predicted molar refractivity (Wildman–Crippen MR) is 87.8 cm³/mol. The maximum atomic E-state index is 12.1. The maximum absolute atomic E-state index is 12.1. The molecule has 1 aromatic carbocycles. The van der Waals surface area contributed by atoms with Gasteiger partial charge in [0.1, 0.15) is 0 Å². The molecule has 0 bridgehead atoms. The van der Waals surface area contributed by atoms with Crippen LogP contribution in [0.2, 0.25) is 5.02 Å². The number of carbonyl (C=O) groups excluding carboxylic acids is 2. The third-order valence-electron chi connectivity index (χ3n) is 3.75. The molecule has 2 N–H and O–H groups in total. The van der Waals surface area contributed by atoms with Gasteiger partial charge < -0.3 is 10.6 Å². The Labute approximate surface area is 139 Å². The van der Waals surface area contributed by atoms with Crippen LogP contribution in [0.3, 0.4) is 0 Å². The Balaban J connectivity index is 1.47. The quantitative estimate of drug-likeness (QED) is 0.885. The normalized spacial score (nSPS) is 19.0. The summed E-state index contributed by atoms with van der Waals surface area (Å²) in [6, 6.07) is 12.4. The van der Waals surface area contributed by atoms with Crippen LogP contribution in [0.5, 0.6) is 0 Å². The van der Waals surface area contributed by atoms with Gasteiger partial charge >= 0.3 is 0 Å². The number of halogens is 1. The molecule has 0 radical (unpaired) electrons. The second-order valence-corrected chi connectivity index (χ2v) is 5.92. The number of carbonyl (C=O) groups is 2. The summed E-state index contributed by atoms with van der Waals surface area (Å²) in [5, 5.41) is 6.23. The first-order valence-electron chi connectivity index (χ1n) is 7.37. The number of hydrogen-bond donors (Lipinski definition) is 2. The van der Waals surface area contributed by atoms with Crippen molar-refractivity contribution >= 4 is 29.1 Å². The van der Waals surface area contributed by atoms with Crippen LogP contribution in [0.15, 0.2) is 48.7 Å². The molecule has 2 amide bonds. The number of nitrogens with one attached hydrogen (secondary N) is 2. The highest BCUT2D eigenvalue weighted by atomic mass is 35.5. The molecule has 1 saturated carbocycles. The van der Waals surface area contributed by atoms with E-state index in [1.54, 1.807) is 30.5 Å². The third kappa shape index (κ3) is 4.07. The van der Waals surface area contributed by atoms with Gasteiger partial charge in [-0.05, 0) is 42.8 Å². The molecule has 1 aliphatic carbocycles. The van der Waals surface area contributed by atoms with Gasteiger partial charge in [-0.25, -0.2) is 0 Å². The molecular formula is C17H16ClN3O2. The zero-order chi connectivity index (χ0) is 16.2. The van der Waals surface area contributed by atoms with E-state index in [0.29, 0.717) is 23.7 Å². The fourth-order valence-electron chi connectivity index (χ4n) is 2.35. The van der Waals surface area contributed by atoms with Crippen LogP contribution < -0.4 is 10.6 Å². The van der Waals surface area contributed by atoms with Crippen LogP contribution in [0, 0.1) is 11.8 Å². The molecule has 1 fully saturated rings. The number of benzene rings is 1. The van der Waals surface area contributed by atoms with Crippen molar-refractivity contribution < 1.29 is 9.59 Å². The lowest BCUT2D eigenvalue weighted by Crippen LogP contribution is -2.27. The molecule has 2 atom stereocenters. The number of rotatable bonds is 5. The lowest BCUT2D eigenvalue weighted by Gasteiger charge is -2.06. The molecule has 2 aromatic rings. The summed E-state index contributed by atoms with van der Waals surface area (Å²) in [6.07, 6.45) is 2.26. The Morgan fingerprint density at radius 1 is 1.09 bits per heavy atom. The molecule has 0 saturated heterocycles. The summed E-state index contributed by atoms with van der Waals surface area (Å²) in [5.74, 6) is -0.766. The molecule has 0 aliphatic heterocycles. The molecule has 23 heavy (non-hydrogen) atoms. The van der Waals surface area contributed by atoms with Crippen molar-refractivity contribution in [2.75, 3.05) is 5.32 Å². The summed E-state index contributed by atoms with van der Waals surface area (Å²) in [6.45, 7) is 0.377. The summed E-state index contributed by atoms with van der Waals surface area (Å²) >= 11 is 5.80. The number of nitrogens with zero attached hydrogens (tertiary/aromatic N) is 1. The Bertz CT molecular complexity index is 704. The van der Waals surface area contributed by atoms with Crippen molar-refractivity contribution in [1.29, 1.82) is 0 Å². The maximum Gasteiger partial charge on any atom is 0.228 e. The molecule has 5 nitrogen and oxygen atoms in total. The first kappa shape index (κ1) is 15.5. The number of pyridine rings is 1. The van der Waals surface area contributed by atoms with E-state index in [1.165, 1.54) is 0 Å². The highest BCUT2D eigenvalue weighted by Crippen LogP contribution is 2.39. The minimum absolute atomic E-state index is 0.105. The van der Waals surface area contributed by atoms with Crippen molar-refractivity contribution in [2.24, 2.45) is 11.8 Å². The smallest absolute Gasteiger partial charge is 0.228 e. The Morgan fingerprint density at radius 2 is 1.83 bits per heavy atom. The highest BCUT2D eigenvalue weighted by molar-refractivity contribution is 6.30. The van der Waals surface area contributed by atoms with E-state index in [9.17, 15) is 9.59 Å². The Kier molecular flexibility index (Phi) is 4.57. The van der Waals surface area contributed by atoms with E-state index in [2.05, 4.69) is 15.6 Å². The van der Waals surface area contributed by atoms with E-state index < -0.39 is 0 Å². The minimum Gasteiger partial charge on any atom is -0.350 e. The van der Waals surface area contributed by atoms with Crippen LogP contribution in [-0.2, 0) is 16.1 Å². The van der Waals surface area contributed by atoms with Gasteiger partial charge in [-0.15, -0.1) is 0 Å². The zero-order valence-corrected chi connectivity index (χ0v) is 13.1. The van der Waals surface area contributed by atoms with E-state index >= 15 is 0 Å². The highest BCUT2D eigenvalue weighted by Gasteiger charge is 2.47. The van der Waals surface area contributed by atoms with Crippen molar-refractivity contribution in [2.45, 2.75) is 13.0 Å². The summed E-state index contributed by atoms with van der Waals surface area (Å²) in [5.41, 5.74) is 1.47. The molecule has 1 aromatic heterocycles. The van der Waals surface area contributed by atoms with Crippen molar-refractivity contribution in [3.8, 4) is 0 Å². The van der Waals surface area contributed by atoms with Gasteiger partial charge in [0, 0.05) is 16.9 Å². The average molecular weight is 330 g/mol. The molecule has 2 unspecified atom stereocenters. The van der Waals surface area contributed by atoms with Crippen molar-refractivity contribution in [3.63, 3.8) is 0 Å². The van der Waals surface area contributed by atoms with Crippen LogP contribution in [-0.4, -0.2) is 16.8 Å². The standard InChI is InChI=1S/C17H16ClN3O2/c18-11-4-6-12(7-5-11)21-17(23)15-9-14(15)16(22)20-10-13-3-1-2-8-19-13/h1-8,14-15H,9-10H2,(H,20,22)(H,21,23). The van der Waals surface area contributed by atoms with E-state index in [-0.39, 0.29) is 23.7 Å². The first-order valence-corrected chi connectivity index (χ1v) is 7.75. The van der Waals surface area contributed by atoms with E-state index in [1.807, 2.05) is 18.2 Å². The molecule has 118 valence electrons. The largest absolute Gasteiger partial charge is 0.350 e. The molecule has 6 heteroatoms. The van der Waals surface area contributed by atoms with Crippen molar-refractivity contribution in [1.82, 2.24) is 10.3 Å². The SMILES string of the molecule is O=C(NCc1ccccn1)C1CC1C(=O)Nc1ccc(Cl)cc1. The lowest BCUT2D eigenvalue weighted by atomic mass is 10.2. The fourth-order valence-corrected chi connectivity index (χ4v) is 2.48. The van der Waals surface area contributed by atoms with Gasteiger partial charge in [0.05, 0.1) is 24.1 Å². The summed E-state index contributed by atoms with van der Waals surface area (Å²) in [7, 11) is 0. The third-order valence-corrected chi connectivity index (χ3v) is 4.00. The van der Waals surface area contributed by atoms with Gasteiger partial charge in [0.2, 0.25) is 11.8 Å². The van der Waals surface area contributed by atoms with Gasteiger partial charge in [0.25, 0.3) is 0 Å². The Hall–Kier alpha value is -2.40. The van der Waals surface area contributed by atoms with Crippen LogP contribution in [0.4, 0.5) is 5.69 Å². The predicted octanol–water partition coefficient (Wildman–Crippen LogP) is 2.63. The van der Waals surface area contributed by atoms with Gasteiger partial charge in [-0.1, -0.05) is 17.7 Å². The van der Waals surface area contributed by atoms with Crippen LogP contribution in [0.1, 0.15) is 12.1 Å². The van der Waals surface area contributed by atoms with E-state index in [4.69, 9.17) is 11.6 Å². The number of amides is 2. The second-order valence-electron chi connectivity index (χ2n) is 5.48. The van der Waals surface area contributed by atoms with Gasteiger partial charge in [0.15, 0.2) is 0 Å². The minimum atomic E-state index is -0.269. The topological polar surface area (TPSA) is 71.1 Å². The van der Waals surface area contributed by atoms with Crippen molar-refractivity contribution in [3.05, 3.63) is 59.4 Å². The molecule has 3 rings (SSSR count). The zero-order valence-electron chi connectivity index (χ0n) is 12.3. The first-order chi connectivity index (χ1) is 11.1. The van der Waals surface area contributed by atoms with E-state index in [0.717, 1.165) is 5.69 Å². The monoisotopic (exact) mass is 329 g/mol. The molecule has 1 heterocycles.